The first kappa shape index (κ1) is 12.0. The van der Waals surface area contributed by atoms with Crippen molar-refractivity contribution in [2.75, 3.05) is 18.4 Å². The van der Waals surface area contributed by atoms with E-state index in [1.165, 1.54) is 12.1 Å². The average Bonchev–Trinajstić information content (AvgIpc) is 2.17. The Morgan fingerprint density at radius 3 is 2.73 bits per heavy atom. The van der Waals surface area contributed by atoms with Crippen molar-refractivity contribution in [3.05, 3.63) is 24.3 Å². The molecule has 1 aromatic carbocycles. The maximum atomic E-state index is 10.8. The van der Waals surface area contributed by atoms with E-state index in [9.17, 15) is 8.42 Å². The van der Waals surface area contributed by atoms with E-state index in [1.807, 2.05) is 0 Å². The second-order valence-electron chi connectivity index (χ2n) is 3.07. The van der Waals surface area contributed by atoms with Crippen LogP contribution >= 0.6 is 0 Å². The minimum Gasteiger partial charge on any atom is -0.385 e. The Balaban J connectivity index is 2.75. The standard InChI is InChI=1S/C9H14N2O3S/c10-5-2-6-11-8-3-1-4-9(7-8)15(12,13)14/h1,3-4,7,11H,2,5-6,10H2,(H,12,13,14). The van der Waals surface area contributed by atoms with E-state index in [4.69, 9.17) is 10.3 Å². The number of anilines is 1. The lowest BCUT2D eigenvalue weighted by molar-refractivity contribution is 0.483. The molecule has 0 atom stereocenters. The Hall–Kier alpha value is -1.11. The van der Waals surface area contributed by atoms with Gasteiger partial charge in [-0.2, -0.15) is 8.42 Å². The van der Waals surface area contributed by atoms with Gasteiger partial charge in [0.15, 0.2) is 0 Å². The first-order valence-electron chi connectivity index (χ1n) is 4.55. The molecule has 6 heteroatoms. The first-order chi connectivity index (χ1) is 7.04. The number of rotatable bonds is 5. The summed E-state index contributed by atoms with van der Waals surface area (Å²) in [6, 6.07) is 6.01. The molecule has 0 aliphatic carbocycles. The van der Waals surface area contributed by atoms with Gasteiger partial charge in [0.05, 0.1) is 4.90 Å². The highest BCUT2D eigenvalue weighted by atomic mass is 32.2. The molecule has 1 rings (SSSR count). The van der Waals surface area contributed by atoms with Gasteiger partial charge in [0.25, 0.3) is 10.1 Å². The van der Waals surface area contributed by atoms with Crippen LogP contribution in [0.4, 0.5) is 5.69 Å². The largest absolute Gasteiger partial charge is 0.385 e. The van der Waals surface area contributed by atoms with Crippen LogP contribution in [0.25, 0.3) is 0 Å². The Morgan fingerprint density at radius 2 is 2.13 bits per heavy atom. The van der Waals surface area contributed by atoms with Crippen LogP contribution in [0.5, 0.6) is 0 Å². The molecule has 0 bridgehead atoms. The monoisotopic (exact) mass is 230 g/mol. The Morgan fingerprint density at radius 1 is 1.40 bits per heavy atom. The molecule has 0 radical (unpaired) electrons. The molecule has 0 saturated heterocycles. The second-order valence-corrected chi connectivity index (χ2v) is 4.49. The molecule has 0 aliphatic rings. The van der Waals surface area contributed by atoms with Crippen molar-refractivity contribution >= 4 is 15.8 Å². The fraction of sp³-hybridized carbons (Fsp3) is 0.333. The fourth-order valence-corrected chi connectivity index (χ4v) is 1.63. The Kier molecular flexibility index (Phi) is 4.07. The number of hydrogen-bond donors (Lipinski definition) is 3. The van der Waals surface area contributed by atoms with Crippen LogP contribution in [0.1, 0.15) is 6.42 Å². The molecule has 1 aromatic rings. The van der Waals surface area contributed by atoms with Crippen molar-refractivity contribution in [1.29, 1.82) is 0 Å². The summed E-state index contributed by atoms with van der Waals surface area (Å²) in [4.78, 5) is -0.111. The maximum Gasteiger partial charge on any atom is 0.294 e. The van der Waals surface area contributed by atoms with Gasteiger partial charge in [0, 0.05) is 12.2 Å². The summed E-state index contributed by atoms with van der Waals surface area (Å²) in [5, 5.41) is 3.00. The van der Waals surface area contributed by atoms with Crippen molar-refractivity contribution < 1.29 is 13.0 Å². The van der Waals surface area contributed by atoms with Gasteiger partial charge in [0.1, 0.15) is 0 Å². The van der Waals surface area contributed by atoms with E-state index in [0.717, 1.165) is 6.42 Å². The van der Waals surface area contributed by atoms with Crippen LogP contribution in [0.2, 0.25) is 0 Å². The van der Waals surface area contributed by atoms with Gasteiger partial charge >= 0.3 is 0 Å². The topological polar surface area (TPSA) is 92.4 Å². The molecule has 0 amide bonds. The highest BCUT2D eigenvalue weighted by Crippen LogP contribution is 2.14. The Labute approximate surface area is 89.0 Å². The van der Waals surface area contributed by atoms with E-state index >= 15 is 0 Å². The molecule has 15 heavy (non-hydrogen) atoms. The van der Waals surface area contributed by atoms with E-state index in [0.29, 0.717) is 18.8 Å². The zero-order valence-electron chi connectivity index (χ0n) is 8.18. The summed E-state index contributed by atoms with van der Waals surface area (Å²) < 4.78 is 30.5. The van der Waals surface area contributed by atoms with Crippen molar-refractivity contribution in [2.45, 2.75) is 11.3 Å². The molecule has 0 heterocycles. The van der Waals surface area contributed by atoms with E-state index in [-0.39, 0.29) is 4.90 Å². The van der Waals surface area contributed by atoms with Crippen LogP contribution < -0.4 is 11.1 Å². The van der Waals surface area contributed by atoms with Crippen LogP contribution in [0.3, 0.4) is 0 Å². The molecular weight excluding hydrogens is 216 g/mol. The lowest BCUT2D eigenvalue weighted by Crippen LogP contribution is -2.08. The maximum absolute atomic E-state index is 10.8. The SMILES string of the molecule is NCCCNc1cccc(S(=O)(=O)O)c1. The fourth-order valence-electron chi connectivity index (χ4n) is 1.10. The van der Waals surface area contributed by atoms with Gasteiger partial charge in [0.2, 0.25) is 0 Å². The number of nitrogens with one attached hydrogen (secondary N) is 1. The third kappa shape index (κ3) is 3.86. The summed E-state index contributed by atoms with van der Waals surface area (Å²) >= 11 is 0. The second kappa shape index (κ2) is 5.11. The average molecular weight is 230 g/mol. The summed E-state index contributed by atoms with van der Waals surface area (Å²) in [5.41, 5.74) is 5.97. The van der Waals surface area contributed by atoms with Gasteiger partial charge in [-0.3, -0.25) is 4.55 Å². The lowest BCUT2D eigenvalue weighted by atomic mass is 10.3. The molecule has 0 fully saturated rings. The normalized spacial score (nSPS) is 11.3. The summed E-state index contributed by atoms with van der Waals surface area (Å²) in [6.07, 6.45) is 0.802. The van der Waals surface area contributed by atoms with Crippen molar-refractivity contribution in [3.63, 3.8) is 0 Å². The predicted molar refractivity (Wildman–Crippen MR) is 58.4 cm³/mol. The number of benzene rings is 1. The van der Waals surface area contributed by atoms with E-state index in [2.05, 4.69) is 5.32 Å². The molecule has 5 nitrogen and oxygen atoms in total. The third-order valence-electron chi connectivity index (χ3n) is 1.84. The van der Waals surface area contributed by atoms with Crippen LogP contribution in [0.15, 0.2) is 29.2 Å². The van der Waals surface area contributed by atoms with Crippen LogP contribution in [-0.2, 0) is 10.1 Å². The highest BCUT2D eigenvalue weighted by Gasteiger charge is 2.08. The number of nitrogens with two attached hydrogens (primary N) is 1. The zero-order chi connectivity index (χ0) is 11.3. The van der Waals surface area contributed by atoms with Crippen LogP contribution in [0, 0.1) is 0 Å². The van der Waals surface area contributed by atoms with Gasteiger partial charge in [-0.05, 0) is 31.2 Å². The molecule has 4 N–H and O–H groups in total. The molecule has 0 aliphatic heterocycles. The van der Waals surface area contributed by atoms with Crippen molar-refractivity contribution in [2.24, 2.45) is 5.73 Å². The van der Waals surface area contributed by atoms with Gasteiger partial charge < -0.3 is 11.1 Å². The van der Waals surface area contributed by atoms with E-state index in [1.54, 1.807) is 12.1 Å². The minimum atomic E-state index is -4.12. The highest BCUT2D eigenvalue weighted by molar-refractivity contribution is 7.85. The zero-order valence-corrected chi connectivity index (χ0v) is 9.00. The van der Waals surface area contributed by atoms with Gasteiger partial charge in [-0.1, -0.05) is 6.07 Å². The van der Waals surface area contributed by atoms with Gasteiger partial charge in [-0.25, -0.2) is 0 Å². The first-order valence-corrected chi connectivity index (χ1v) is 5.99. The number of hydrogen-bond acceptors (Lipinski definition) is 4. The quantitative estimate of drug-likeness (QED) is 0.511. The minimum absolute atomic E-state index is 0.111. The van der Waals surface area contributed by atoms with Crippen molar-refractivity contribution in [1.82, 2.24) is 0 Å². The smallest absolute Gasteiger partial charge is 0.294 e. The molecule has 0 aromatic heterocycles. The molecule has 0 spiro atoms. The van der Waals surface area contributed by atoms with Crippen LogP contribution in [-0.4, -0.2) is 26.1 Å². The lowest BCUT2D eigenvalue weighted by Gasteiger charge is -2.06. The van der Waals surface area contributed by atoms with Gasteiger partial charge in [-0.15, -0.1) is 0 Å². The van der Waals surface area contributed by atoms with Crippen molar-refractivity contribution in [3.8, 4) is 0 Å². The third-order valence-corrected chi connectivity index (χ3v) is 2.69. The Bertz CT molecular complexity index is 417. The molecular formula is C9H14N2O3S. The van der Waals surface area contributed by atoms with E-state index < -0.39 is 10.1 Å². The summed E-state index contributed by atoms with van der Waals surface area (Å²) in [7, 11) is -4.12. The summed E-state index contributed by atoms with van der Waals surface area (Å²) in [6.45, 7) is 1.25. The molecule has 84 valence electrons. The molecule has 0 unspecified atom stereocenters. The summed E-state index contributed by atoms with van der Waals surface area (Å²) in [5.74, 6) is 0. The molecule has 0 saturated carbocycles. The predicted octanol–water partition coefficient (Wildman–Crippen LogP) is 0.694.